The molecule has 0 atom stereocenters. The lowest BCUT2D eigenvalue weighted by atomic mass is 10.3. The minimum atomic E-state index is -1.08. The molecule has 2 aromatic rings. The maximum atomic E-state index is 11.7. The summed E-state index contributed by atoms with van der Waals surface area (Å²) in [7, 11) is 0. The molecule has 2 amide bonds. The standard InChI is InChI=1S/C13H12N4O4/c18-11(19)8-21-10-4-1-3-9(7-10)16-13(20)17-12-14-5-2-6-15-12/h1-7H,8H2,(H,18,19)(H2,14,15,16,17,20). The zero-order chi connectivity index (χ0) is 15.1. The Labute approximate surface area is 119 Å². The second kappa shape index (κ2) is 6.85. The van der Waals surface area contributed by atoms with Crippen molar-refractivity contribution >= 4 is 23.6 Å². The number of aliphatic carboxylic acids is 1. The molecule has 0 radical (unpaired) electrons. The van der Waals surface area contributed by atoms with Crippen molar-refractivity contribution in [3.63, 3.8) is 0 Å². The fourth-order valence-electron chi connectivity index (χ4n) is 1.44. The van der Waals surface area contributed by atoms with Gasteiger partial charge in [0.05, 0.1) is 0 Å². The number of carboxylic acid groups (broad SMARTS) is 1. The quantitative estimate of drug-likeness (QED) is 0.769. The number of nitrogens with one attached hydrogen (secondary N) is 2. The summed E-state index contributed by atoms with van der Waals surface area (Å²) in [5, 5.41) is 13.5. The number of carbonyl (C=O) groups is 2. The van der Waals surface area contributed by atoms with E-state index in [0.717, 1.165) is 0 Å². The molecule has 1 heterocycles. The van der Waals surface area contributed by atoms with Crippen LogP contribution in [0.25, 0.3) is 0 Å². The molecular weight excluding hydrogens is 276 g/mol. The van der Waals surface area contributed by atoms with Gasteiger partial charge in [0.25, 0.3) is 0 Å². The predicted molar refractivity (Wildman–Crippen MR) is 74.2 cm³/mol. The van der Waals surface area contributed by atoms with E-state index in [2.05, 4.69) is 20.6 Å². The van der Waals surface area contributed by atoms with Gasteiger partial charge < -0.3 is 15.2 Å². The Balaban J connectivity index is 1.94. The Bertz CT molecular complexity index is 633. The normalized spacial score (nSPS) is 9.71. The van der Waals surface area contributed by atoms with E-state index in [1.807, 2.05) is 0 Å². The summed E-state index contributed by atoms with van der Waals surface area (Å²) in [6.45, 7) is -0.451. The third-order valence-corrected chi connectivity index (χ3v) is 2.25. The van der Waals surface area contributed by atoms with Crippen LogP contribution >= 0.6 is 0 Å². The van der Waals surface area contributed by atoms with Gasteiger partial charge in [0, 0.05) is 24.1 Å². The number of carbonyl (C=O) groups excluding carboxylic acids is 1. The Morgan fingerprint density at radius 3 is 2.62 bits per heavy atom. The summed E-state index contributed by atoms with van der Waals surface area (Å²) in [4.78, 5) is 29.8. The summed E-state index contributed by atoms with van der Waals surface area (Å²) in [6, 6.07) is 7.48. The SMILES string of the molecule is O=C(O)COc1cccc(NC(=O)Nc2ncccn2)c1. The fourth-order valence-corrected chi connectivity index (χ4v) is 1.44. The molecule has 0 fully saturated rings. The number of benzene rings is 1. The molecule has 1 aromatic carbocycles. The predicted octanol–water partition coefficient (Wildman–Crippen LogP) is 1.58. The smallest absolute Gasteiger partial charge is 0.341 e. The van der Waals surface area contributed by atoms with Crippen LogP contribution < -0.4 is 15.4 Å². The van der Waals surface area contributed by atoms with Crippen molar-refractivity contribution in [3.05, 3.63) is 42.7 Å². The topological polar surface area (TPSA) is 113 Å². The zero-order valence-corrected chi connectivity index (χ0v) is 10.8. The Hall–Kier alpha value is -3.16. The van der Waals surface area contributed by atoms with Crippen molar-refractivity contribution in [1.29, 1.82) is 0 Å². The average Bonchev–Trinajstić information content (AvgIpc) is 2.46. The molecule has 0 unspecified atom stereocenters. The number of ether oxygens (including phenoxy) is 1. The fraction of sp³-hybridized carbons (Fsp3) is 0.0769. The van der Waals surface area contributed by atoms with Gasteiger partial charge in [0.2, 0.25) is 5.95 Å². The number of hydrogen-bond acceptors (Lipinski definition) is 5. The molecule has 0 spiro atoms. The van der Waals surface area contributed by atoms with Gasteiger partial charge in [0.1, 0.15) is 5.75 Å². The largest absolute Gasteiger partial charge is 0.482 e. The summed E-state index contributed by atoms with van der Waals surface area (Å²) >= 11 is 0. The highest BCUT2D eigenvalue weighted by Gasteiger charge is 2.05. The van der Waals surface area contributed by atoms with Gasteiger partial charge >= 0.3 is 12.0 Å². The van der Waals surface area contributed by atoms with Crippen LogP contribution in [0.3, 0.4) is 0 Å². The highest BCUT2D eigenvalue weighted by molar-refractivity contribution is 5.98. The number of rotatable bonds is 5. The maximum absolute atomic E-state index is 11.7. The molecule has 0 aliphatic carbocycles. The van der Waals surface area contributed by atoms with Crippen molar-refractivity contribution < 1.29 is 19.4 Å². The van der Waals surface area contributed by atoms with Crippen LogP contribution in [0.15, 0.2) is 42.7 Å². The van der Waals surface area contributed by atoms with E-state index in [4.69, 9.17) is 9.84 Å². The minimum Gasteiger partial charge on any atom is -0.482 e. The first-order chi connectivity index (χ1) is 10.1. The molecule has 1 aromatic heterocycles. The molecule has 0 bridgehead atoms. The van der Waals surface area contributed by atoms with E-state index >= 15 is 0 Å². The van der Waals surface area contributed by atoms with Gasteiger partial charge in [-0.1, -0.05) is 6.07 Å². The zero-order valence-electron chi connectivity index (χ0n) is 10.8. The lowest BCUT2D eigenvalue weighted by Crippen LogP contribution is -2.20. The summed E-state index contributed by atoms with van der Waals surface area (Å²) < 4.78 is 5.01. The maximum Gasteiger partial charge on any atom is 0.341 e. The molecule has 8 nitrogen and oxygen atoms in total. The molecule has 108 valence electrons. The molecule has 3 N–H and O–H groups in total. The van der Waals surface area contributed by atoms with Crippen molar-refractivity contribution in [2.45, 2.75) is 0 Å². The van der Waals surface area contributed by atoms with Crippen molar-refractivity contribution in [3.8, 4) is 5.75 Å². The summed E-state index contributed by atoms with van der Waals surface area (Å²) in [5.41, 5.74) is 0.450. The second-order valence-corrected chi connectivity index (χ2v) is 3.86. The van der Waals surface area contributed by atoms with Crippen LogP contribution in [0.2, 0.25) is 0 Å². The number of carboxylic acids is 1. The van der Waals surface area contributed by atoms with E-state index < -0.39 is 18.6 Å². The Morgan fingerprint density at radius 1 is 1.14 bits per heavy atom. The van der Waals surface area contributed by atoms with Crippen LogP contribution in [-0.2, 0) is 4.79 Å². The molecule has 21 heavy (non-hydrogen) atoms. The van der Waals surface area contributed by atoms with Gasteiger partial charge in [-0.15, -0.1) is 0 Å². The molecule has 0 saturated heterocycles. The molecule has 8 heteroatoms. The van der Waals surface area contributed by atoms with Crippen molar-refractivity contribution in [2.24, 2.45) is 0 Å². The first-order valence-electron chi connectivity index (χ1n) is 5.93. The van der Waals surface area contributed by atoms with Gasteiger partial charge in [-0.3, -0.25) is 5.32 Å². The molecule has 0 saturated carbocycles. The number of nitrogens with zero attached hydrogens (tertiary/aromatic N) is 2. The molecule has 0 aliphatic heterocycles. The van der Waals surface area contributed by atoms with Crippen LogP contribution in [0.5, 0.6) is 5.75 Å². The first-order valence-corrected chi connectivity index (χ1v) is 5.93. The molecule has 2 rings (SSSR count). The number of amides is 2. The van der Waals surface area contributed by atoms with Gasteiger partial charge in [-0.25, -0.2) is 19.6 Å². The van der Waals surface area contributed by atoms with Crippen molar-refractivity contribution in [1.82, 2.24) is 9.97 Å². The van der Waals surface area contributed by atoms with Gasteiger partial charge in [0.15, 0.2) is 6.61 Å². The van der Waals surface area contributed by atoms with Crippen LogP contribution in [0.1, 0.15) is 0 Å². The van der Waals surface area contributed by atoms with Crippen LogP contribution in [0.4, 0.5) is 16.4 Å². The van der Waals surface area contributed by atoms with E-state index in [1.54, 1.807) is 24.3 Å². The highest BCUT2D eigenvalue weighted by Crippen LogP contribution is 2.17. The molecular formula is C13H12N4O4. The Kier molecular flexibility index (Phi) is 4.65. The minimum absolute atomic E-state index is 0.174. The summed E-state index contributed by atoms with van der Waals surface area (Å²) in [6.07, 6.45) is 3.01. The Morgan fingerprint density at radius 2 is 1.90 bits per heavy atom. The van der Waals surface area contributed by atoms with Crippen LogP contribution in [0, 0.1) is 0 Å². The lowest BCUT2D eigenvalue weighted by molar-refractivity contribution is -0.139. The highest BCUT2D eigenvalue weighted by atomic mass is 16.5. The van der Waals surface area contributed by atoms with Crippen LogP contribution in [-0.4, -0.2) is 33.7 Å². The third kappa shape index (κ3) is 4.78. The number of anilines is 2. The second-order valence-electron chi connectivity index (χ2n) is 3.86. The average molecular weight is 288 g/mol. The van der Waals surface area contributed by atoms with E-state index in [0.29, 0.717) is 11.4 Å². The van der Waals surface area contributed by atoms with Gasteiger partial charge in [-0.2, -0.15) is 0 Å². The monoisotopic (exact) mass is 288 g/mol. The van der Waals surface area contributed by atoms with Crippen molar-refractivity contribution in [2.75, 3.05) is 17.2 Å². The van der Waals surface area contributed by atoms with Gasteiger partial charge in [-0.05, 0) is 18.2 Å². The van der Waals surface area contributed by atoms with E-state index in [-0.39, 0.29) is 5.95 Å². The number of urea groups is 1. The first kappa shape index (κ1) is 14.3. The molecule has 0 aliphatic rings. The summed E-state index contributed by atoms with van der Waals surface area (Å²) in [5.74, 6) is -0.563. The van der Waals surface area contributed by atoms with E-state index in [1.165, 1.54) is 18.5 Å². The number of hydrogen-bond donors (Lipinski definition) is 3. The van der Waals surface area contributed by atoms with E-state index in [9.17, 15) is 9.59 Å². The number of aromatic nitrogens is 2. The lowest BCUT2D eigenvalue weighted by Gasteiger charge is -2.08. The third-order valence-electron chi connectivity index (χ3n) is 2.25.